The second kappa shape index (κ2) is 5.58. The SMILES string of the molecule is CC(CCn1c(CO)c[nH]c1=S)S(C)=O. The van der Waals surface area contributed by atoms with Gasteiger partial charge in [0.2, 0.25) is 0 Å². The fraction of sp³-hybridized carbons (Fsp3) is 0.667. The van der Waals surface area contributed by atoms with Crippen LogP contribution in [-0.2, 0) is 24.0 Å². The van der Waals surface area contributed by atoms with Gasteiger partial charge in [-0.05, 0) is 18.6 Å². The number of aromatic nitrogens is 2. The molecule has 2 atom stereocenters. The first-order valence-electron chi connectivity index (χ1n) is 4.76. The summed E-state index contributed by atoms with van der Waals surface area (Å²) in [5, 5.41) is 9.21. The summed E-state index contributed by atoms with van der Waals surface area (Å²) in [5.74, 6) is 0. The quantitative estimate of drug-likeness (QED) is 0.770. The van der Waals surface area contributed by atoms with Gasteiger partial charge >= 0.3 is 0 Å². The minimum absolute atomic E-state index is 0.0310. The number of aliphatic hydroxyl groups is 1. The number of nitrogens with zero attached hydrogens (tertiary/aromatic N) is 1. The summed E-state index contributed by atoms with van der Waals surface area (Å²) in [6.07, 6.45) is 4.20. The van der Waals surface area contributed by atoms with Crippen LogP contribution in [0.4, 0.5) is 0 Å². The summed E-state index contributed by atoms with van der Waals surface area (Å²) < 4.78 is 13.6. The van der Waals surface area contributed by atoms with Crippen molar-refractivity contribution in [1.29, 1.82) is 0 Å². The third kappa shape index (κ3) is 3.25. The second-order valence-corrected chi connectivity index (χ2v) is 5.68. The Hall–Kier alpha value is -0.460. The lowest BCUT2D eigenvalue weighted by atomic mass is 10.3. The Balaban J connectivity index is 2.68. The number of aliphatic hydroxyl groups excluding tert-OH is 1. The molecule has 0 saturated heterocycles. The zero-order valence-corrected chi connectivity index (χ0v) is 10.5. The summed E-state index contributed by atoms with van der Waals surface area (Å²) in [4.78, 5) is 2.88. The first kappa shape index (κ1) is 12.6. The molecule has 0 aliphatic carbocycles. The first-order chi connectivity index (χ1) is 7.06. The van der Waals surface area contributed by atoms with Crippen LogP contribution >= 0.6 is 12.2 Å². The van der Waals surface area contributed by atoms with E-state index in [9.17, 15) is 4.21 Å². The van der Waals surface area contributed by atoms with Gasteiger partial charge in [0.1, 0.15) is 0 Å². The average molecular weight is 248 g/mol. The molecule has 6 heteroatoms. The molecule has 0 aliphatic rings. The fourth-order valence-electron chi connectivity index (χ4n) is 1.28. The highest BCUT2D eigenvalue weighted by Crippen LogP contribution is 2.07. The maximum atomic E-state index is 11.2. The van der Waals surface area contributed by atoms with E-state index in [1.165, 1.54) is 0 Å². The molecule has 1 aromatic rings. The lowest BCUT2D eigenvalue weighted by Crippen LogP contribution is -2.14. The van der Waals surface area contributed by atoms with Gasteiger partial charge in [0.15, 0.2) is 4.77 Å². The molecule has 1 heterocycles. The van der Waals surface area contributed by atoms with Gasteiger partial charge in [-0.15, -0.1) is 0 Å². The Labute approximate surface area is 96.8 Å². The molecule has 0 radical (unpaired) electrons. The molecule has 86 valence electrons. The van der Waals surface area contributed by atoms with E-state index in [0.29, 0.717) is 11.3 Å². The van der Waals surface area contributed by atoms with E-state index < -0.39 is 10.8 Å². The lowest BCUT2D eigenvalue weighted by Gasteiger charge is -2.10. The number of H-pyrrole nitrogens is 1. The Morgan fingerprint density at radius 1 is 1.73 bits per heavy atom. The predicted molar refractivity (Wildman–Crippen MR) is 63.7 cm³/mol. The van der Waals surface area contributed by atoms with Gasteiger partial charge in [-0.1, -0.05) is 6.92 Å². The molecule has 2 unspecified atom stereocenters. The maximum Gasteiger partial charge on any atom is 0.177 e. The fourth-order valence-corrected chi connectivity index (χ4v) is 1.99. The molecule has 1 aromatic heterocycles. The van der Waals surface area contributed by atoms with Crippen molar-refractivity contribution >= 4 is 23.0 Å². The van der Waals surface area contributed by atoms with E-state index in [4.69, 9.17) is 17.3 Å². The van der Waals surface area contributed by atoms with Crippen molar-refractivity contribution in [1.82, 2.24) is 9.55 Å². The minimum atomic E-state index is -0.807. The van der Waals surface area contributed by atoms with Crippen molar-refractivity contribution in [3.05, 3.63) is 16.7 Å². The number of rotatable bonds is 5. The predicted octanol–water partition coefficient (Wildman–Crippen LogP) is 1.20. The molecule has 0 saturated carbocycles. The van der Waals surface area contributed by atoms with Crippen molar-refractivity contribution in [2.75, 3.05) is 6.26 Å². The highest BCUT2D eigenvalue weighted by molar-refractivity contribution is 7.84. The molecule has 2 N–H and O–H groups in total. The van der Waals surface area contributed by atoms with E-state index in [1.54, 1.807) is 12.5 Å². The van der Waals surface area contributed by atoms with Gasteiger partial charge in [0.25, 0.3) is 0 Å². The van der Waals surface area contributed by atoms with Crippen LogP contribution in [0.1, 0.15) is 19.0 Å². The minimum Gasteiger partial charge on any atom is -0.390 e. The summed E-state index contributed by atoms with van der Waals surface area (Å²) in [6, 6.07) is 0. The van der Waals surface area contributed by atoms with Crippen LogP contribution in [0.3, 0.4) is 0 Å². The van der Waals surface area contributed by atoms with Crippen LogP contribution < -0.4 is 0 Å². The number of imidazole rings is 1. The van der Waals surface area contributed by atoms with Crippen molar-refractivity contribution in [2.24, 2.45) is 0 Å². The van der Waals surface area contributed by atoms with Crippen molar-refractivity contribution in [3.63, 3.8) is 0 Å². The highest BCUT2D eigenvalue weighted by atomic mass is 32.2. The molecule has 1 rings (SSSR count). The number of nitrogens with one attached hydrogen (secondary N) is 1. The zero-order valence-electron chi connectivity index (χ0n) is 8.90. The molecule has 4 nitrogen and oxygen atoms in total. The summed E-state index contributed by atoms with van der Waals surface area (Å²) in [6.45, 7) is 2.61. The molecular formula is C9H16N2O2S2. The zero-order chi connectivity index (χ0) is 11.4. The second-order valence-electron chi connectivity index (χ2n) is 3.49. The van der Waals surface area contributed by atoms with Gasteiger partial charge in [0.05, 0.1) is 12.3 Å². The van der Waals surface area contributed by atoms with Crippen molar-refractivity contribution in [3.8, 4) is 0 Å². The third-order valence-electron chi connectivity index (χ3n) is 2.44. The van der Waals surface area contributed by atoms with Crippen LogP contribution in [-0.4, -0.2) is 30.4 Å². The van der Waals surface area contributed by atoms with Crippen LogP contribution in [0.5, 0.6) is 0 Å². The number of aromatic amines is 1. The van der Waals surface area contributed by atoms with Crippen molar-refractivity contribution < 1.29 is 9.32 Å². The standard InChI is InChI=1S/C9H16N2O2S2/c1-7(15(2)13)3-4-11-8(6-12)5-10-9(11)14/h5,7,12H,3-4,6H2,1-2H3,(H,10,14). The molecule has 0 fully saturated rings. The lowest BCUT2D eigenvalue weighted by molar-refractivity contribution is 0.270. The van der Waals surface area contributed by atoms with E-state index >= 15 is 0 Å². The number of hydrogen-bond acceptors (Lipinski definition) is 3. The van der Waals surface area contributed by atoms with Crippen molar-refractivity contribution in [2.45, 2.75) is 31.7 Å². The van der Waals surface area contributed by atoms with E-state index in [1.807, 2.05) is 11.5 Å². The molecule has 15 heavy (non-hydrogen) atoms. The molecule has 0 bridgehead atoms. The largest absolute Gasteiger partial charge is 0.390 e. The Morgan fingerprint density at radius 2 is 2.40 bits per heavy atom. The topological polar surface area (TPSA) is 58.0 Å². The Bertz CT molecular complexity index is 397. The van der Waals surface area contributed by atoms with Gasteiger partial charge in [-0.2, -0.15) is 0 Å². The third-order valence-corrected chi connectivity index (χ3v) is 4.15. The first-order valence-corrected chi connectivity index (χ1v) is 6.79. The summed E-state index contributed by atoms with van der Waals surface area (Å²) in [7, 11) is -0.807. The van der Waals surface area contributed by atoms with Gasteiger partial charge < -0.3 is 14.7 Å². The molecule has 0 aliphatic heterocycles. The van der Waals surface area contributed by atoms with Gasteiger partial charge in [0, 0.05) is 35.0 Å². The molecule has 0 aromatic carbocycles. The average Bonchev–Trinajstić information content (AvgIpc) is 2.55. The maximum absolute atomic E-state index is 11.2. The monoisotopic (exact) mass is 248 g/mol. The molecular weight excluding hydrogens is 232 g/mol. The van der Waals surface area contributed by atoms with E-state index in [-0.39, 0.29) is 11.9 Å². The highest BCUT2D eigenvalue weighted by Gasteiger charge is 2.08. The van der Waals surface area contributed by atoms with Gasteiger partial charge in [-0.25, -0.2) is 0 Å². The Morgan fingerprint density at radius 3 is 2.93 bits per heavy atom. The van der Waals surface area contributed by atoms with E-state index in [0.717, 1.165) is 12.1 Å². The van der Waals surface area contributed by atoms with Crippen LogP contribution in [0.25, 0.3) is 0 Å². The normalized spacial score (nSPS) is 15.1. The Kier molecular flexibility index (Phi) is 4.69. The summed E-state index contributed by atoms with van der Waals surface area (Å²) in [5.41, 5.74) is 0.772. The van der Waals surface area contributed by atoms with Gasteiger partial charge in [-0.3, -0.25) is 4.21 Å². The van der Waals surface area contributed by atoms with Crippen LogP contribution in [0, 0.1) is 4.77 Å². The van der Waals surface area contributed by atoms with Crippen LogP contribution in [0.2, 0.25) is 0 Å². The molecule has 0 amide bonds. The van der Waals surface area contributed by atoms with Crippen LogP contribution in [0.15, 0.2) is 6.20 Å². The molecule has 0 spiro atoms. The smallest absolute Gasteiger partial charge is 0.177 e. The van der Waals surface area contributed by atoms with E-state index in [2.05, 4.69) is 4.98 Å². The number of hydrogen-bond donors (Lipinski definition) is 2. The summed E-state index contributed by atoms with van der Waals surface area (Å²) >= 11 is 5.08.